The minimum atomic E-state index is -3.17. The first kappa shape index (κ1) is 10.0. The molecule has 1 aromatic rings. The van der Waals surface area contributed by atoms with E-state index < -0.39 is 17.0 Å². The zero-order valence-electron chi connectivity index (χ0n) is 6.27. The number of halogens is 1. The van der Waals surface area contributed by atoms with Crippen molar-refractivity contribution in [1.82, 2.24) is 0 Å². The minimum Gasteiger partial charge on any atom is -0.343 e. The van der Waals surface area contributed by atoms with Crippen LogP contribution in [0.15, 0.2) is 24.3 Å². The highest BCUT2D eigenvalue weighted by atomic mass is 35.5. The van der Waals surface area contributed by atoms with Gasteiger partial charge in [0.05, 0.1) is 5.56 Å². The molecule has 6 heteroatoms. The summed E-state index contributed by atoms with van der Waals surface area (Å²) in [4.78, 5) is 10.9. The Morgan fingerprint density at radius 3 is 2.62 bits per heavy atom. The Balaban J connectivity index is 2.89. The van der Waals surface area contributed by atoms with E-state index in [-0.39, 0.29) is 5.56 Å². The number of benzene rings is 1. The topological polar surface area (TPSA) is 60.4 Å². The lowest BCUT2D eigenvalue weighted by Crippen LogP contribution is -2.03. The fourth-order valence-corrected chi connectivity index (χ4v) is 1.17. The van der Waals surface area contributed by atoms with Gasteiger partial charge in [-0.05, 0) is 18.2 Å². The van der Waals surface area contributed by atoms with Gasteiger partial charge in [-0.1, -0.05) is 17.7 Å². The van der Waals surface area contributed by atoms with Crippen LogP contribution in [0, 0.1) is 0 Å². The Bertz CT molecular complexity index is 391. The van der Waals surface area contributed by atoms with Crippen LogP contribution in [0.5, 0.6) is 0 Å². The Morgan fingerprint density at radius 1 is 1.38 bits per heavy atom. The average molecular weight is 221 g/mol. The van der Waals surface area contributed by atoms with Gasteiger partial charge in [0.1, 0.15) is 0 Å². The highest BCUT2D eigenvalue weighted by Gasteiger charge is 2.07. The molecule has 0 saturated heterocycles. The molecule has 0 amide bonds. The lowest BCUT2D eigenvalue weighted by Gasteiger charge is -1.96. The fraction of sp³-hybridized carbons (Fsp3) is 0. The van der Waals surface area contributed by atoms with E-state index >= 15 is 0 Å². The second-order valence-electron chi connectivity index (χ2n) is 2.11. The molecule has 0 heterocycles. The molecule has 0 atom stereocenters. The molecule has 0 aliphatic rings. The molecule has 0 N–H and O–H groups in total. The summed E-state index contributed by atoms with van der Waals surface area (Å²) >= 11 is 5.57. The molecule has 4 nitrogen and oxygen atoms in total. The third-order valence-corrected chi connectivity index (χ3v) is 1.77. The van der Waals surface area contributed by atoms with Crippen molar-refractivity contribution in [2.75, 3.05) is 0 Å². The van der Waals surface area contributed by atoms with Gasteiger partial charge in [-0.25, -0.2) is 4.79 Å². The van der Waals surface area contributed by atoms with Crippen LogP contribution in [0.4, 0.5) is 0 Å². The second-order valence-corrected chi connectivity index (χ2v) is 3.18. The highest BCUT2D eigenvalue weighted by Crippen LogP contribution is 2.11. The van der Waals surface area contributed by atoms with Crippen molar-refractivity contribution in [2.24, 2.45) is 0 Å². The van der Waals surface area contributed by atoms with Gasteiger partial charge in [0, 0.05) is 5.02 Å². The van der Waals surface area contributed by atoms with E-state index in [1.54, 1.807) is 6.07 Å². The monoisotopic (exact) mass is 220 g/mol. The van der Waals surface area contributed by atoms with Crippen LogP contribution in [0.3, 0.4) is 0 Å². The first-order chi connectivity index (χ1) is 6.09. The average Bonchev–Trinajstić information content (AvgIpc) is 2.03. The zero-order chi connectivity index (χ0) is 9.84. The van der Waals surface area contributed by atoms with Crippen LogP contribution in [0.1, 0.15) is 10.4 Å². The van der Waals surface area contributed by atoms with Crippen LogP contribution in [-0.4, -0.2) is 14.4 Å². The fourth-order valence-electron chi connectivity index (χ4n) is 0.736. The molecule has 1 rings (SSSR count). The zero-order valence-corrected chi connectivity index (χ0v) is 7.92. The first-order valence-corrected chi connectivity index (χ1v) is 4.69. The summed E-state index contributed by atoms with van der Waals surface area (Å²) in [6.45, 7) is 0. The van der Waals surface area contributed by atoms with Crippen molar-refractivity contribution in [3.8, 4) is 0 Å². The SMILES string of the molecule is O=C(O[SH](=O)=O)c1cccc(Cl)c1. The molecule has 0 spiro atoms. The van der Waals surface area contributed by atoms with Crippen LogP contribution in [0.2, 0.25) is 5.02 Å². The molecule has 0 aliphatic heterocycles. The van der Waals surface area contributed by atoms with Gasteiger partial charge < -0.3 is 4.18 Å². The van der Waals surface area contributed by atoms with Crippen molar-refractivity contribution in [1.29, 1.82) is 0 Å². The van der Waals surface area contributed by atoms with Crippen LogP contribution in [0.25, 0.3) is 0 Å². The molecule has 0 bridgehead atoms. The van der Waals surface area contributed by atoms with Gasteiger partial charge in [-0.2, -0.15) is 8.42 Å². The van der Waals surface area contributed by atoms with Crippen molar-refractivity contribution in [2.45, 2.75) is 0 Å². The summed E-state index contributed by atoms with van der Waals surface area (Å²) in [5.74, 6) is -0.932. The Labute approximate surface area is 81.2 Å². The molecular formula is C7H5ClO4S. The number of hydrogen-bond donors (Lipinski definition) is 1. The first-order valence-electron chi connectivity index (χ1n) is 3.22. The minimum absolute atomic E-state index is 0.103. The Hall–Kier alpha value is -1.07. The predicted molar refractivity (Wildman–Crippen MR) is 47.2 cm³/mol. The van der Waals surface area contributed by atoms with Crippen LogP contribution < -0.4 is 0 Å². The molecular weight excluding hydrogens is 216 g/mol. The van der Waals surface area contributed by atoms with E-state index in [9.17, 15) is 13.2 Å². The lowest BCUT2D eigenvalue weighted by atomic mass is 10.2. The molecule has 0 saturated carbocycles. The molecule has 0 aromatic heterocycles. The van der Waals surface area contributed by atoms with E-state index in [1.165, 1.54) is 18.2 Å². The summed E-state index contributed by atoms with van der Waals surface area (Å²) < 4.78 is 24.0. The third-order valence-electron chi connectivity index (χ3n) is 1.22. The summed E-state index contributed by atoms with van der Waals surface area (Å²) in [6, 6.07) is 5.82. The maximum atomic E-state index is 10.9. The molecule has 0 radical (unpaired) electrons. The van der Waals surface area contributed by atoms with Gasteiger partial charge in [0.2, 0.25) is 0 Å². The standard InChI is InChI=1S/C7H5ClO4S/c8-6-3-1-2-5(4-6)7(9)12-13(10)11/h1-4,13H. The maximum absolute atomic E-state index is 10.9. The normalized spacial score (nSPS) is 10.0. The molecule has 1 aromatic carbocycles. The molecule has 13 heavy (non-hydrogen) atoms. The summed E-state index contributed by atoms with van der Waals surface area (Å²) in [5.41, 5.74) is 0.103. The van der Waals surface area contributed by atoms with Gasteiger partial charge in [-0.15, -0.1) is 0 Å². The maximum Gasteiger partial charge on any atom is 0.353 e. The van der Waals surface area contributed by atoms with E-state index in [1.807, 2.05) is 0 Å². The van der Waals surface area contributed by atoms with Crippen molar-refractivity contribution in [3.63, 3.8) is 0 Å². The quantitative estimate of drug-likeness (QED) is 0.756. The van der Waals surface area contributed by atoms with Crippen LogP contribution >= 0.6 is 11.6 Å². The number of thiol groups is 1. The smallest absolute Gasteiger partial charge is 0.343 e. The van der Waals surface area contributed by atoms with E-state index in [4.69, 9.17) is 11.6 Å². The molecule has 70 valence electrons. The lowest BCUT2D eigenvalue weighted by molar-refractivity contribution is 0.0754. The van der Waals surface area contributed by atoms with Gasteiger partial charge in [-0.3, -0.25) is 0 Å². The molecule has 0 fully saturated rings. The van der Waals surface area contributed by atoms with Crippen molar-refractivity contribution < 1.29 is 17.4 Å². The summed E-state index contributed by atoms with van der Waals surface area (Å²) in [5, 5.41) is 0.343. The second kappa shape index (κ2) is 4.25. The van der Waals surface area contributed by atoms with Gasteiger partial charge in [0.15, 0.2) is 0 Å². The largest absolute Gasteiger partial charge is 0.353 e. The predicted octanol–water partition coefficient (Wildman–Crippen LogP) is 1.02. The van der Waals surface area contributed by atoms with E-state index in [0.29, 0.717) is 5.02 Å². The molecule has 0 unspecified atom stereocenters. The number of carbonyl (C=O) groups is 1. The van der Waals surface area contributed by atoms with Crippen molar-refractivity contribution >= 4 is 28.6 Å². The Kier molecular flexibility index (Phi) is 3.27. The summed E-state index contributed by atoms with van der Waals surface area (Å²) in [6.07, 6.45) is 0. The van der Waals surface area contributed by atoms with Gasteiger partial charge >= 0.3 is 17.0 Å². The number of rotatable bonds is 2. The van der Waals surface area contributed by atoms with E-state index in [0.717, 1.165) is 0 Å². The Morgan fingerprint density at radius 2 is 2.08 bits per heavy atom. The molecule has 0 aliphatic carbocycles. The summed E-state index contributed by atoms with van der Waals surface area (Å²) in [7, 11) is -3.17. The van der Waals surface area contributed by atoms with E-state index in [2.05, 4.69) is 4.18 Å². The van der Waals surface area contributed by atoms with Crippen LogP contribution in [-0.2, 0) is 15.2 Å². The number of hydrogen-bond acceptors (Lipinski definition) is 4. The van der Waals surface area contributed by atoms with Crippen molar-refractivity contribution in [3.05, 3.63) is 34.9 Å². The number of carbonyl (C=O) groups excluding carboxylic acids is 1. The third kappa shape index (κ3) is 3.04. The highest BCUT2D eigenvalue weighted by molar-refractivity contribution is 7.67. The van der Waals surface area contributed by atoms with Gasteiger partial charge in [0.25, 0.3) is 0 Å².